The Kier molecular flexibility index (Phi) is 2.58. The Bertz CT molecular complexity index is 158. The van der Waals surface area contributed by atoms with E-state index in [4.69, 9.17) is 0 Å². The molecule has 0 aromatic heterocycles. The van der Waals surface area contributed by atoms with Crippen LogP contribution in [0, 0.1) is 0 Å². The first-order valence-electron chi connectivity index (χ1n) is 2.18. The maximum Gasteiger partial charge on any atom is 0.463 e. The van der Waals surface area contributed by atoms with Crippen LogP contribution in [0.5, 0.6) is 0 Å². The molecule has 0 rings (SSSR count). The lowest BCUT2D eigenvalue weighted by Gasteiger charge is -2.23. The molecule has 0 saturated heterocycles. The molecule has 0 bridgehead atoms. The normalized spacial score (nSPS) is 15.0. The summed E-state index contributed by atoms with van der Waals surface area (Å²) >= 11 is 0. The summed E-state index contributed by atoms with van der Waals surface area (Å²) in [5.74, 6) is -6.55. The highest BCUT2D eigenvalue weighted by Crippen LogP contribution is 2.46. The van der Waals surface area contributed by atoms with Gasteiger partial charge in [-0.25, -0.2) is 0 Å². The van der Waals surface area contributed by atoms with Gasteiger partial charge >= 0.3 is 18.2 Å². The van der Waals surface area contributed by atoms with Gasteiger partial charge in [-0.05, 0) is 4.53 Å². The van der Waals surface area contributed by atoms with Crippen LogP contribution in [0.4, 0.5) is 35.3 Å². The number of halogens is 8. The molecule has 0 aliphatic carbocycles. The van der Waals surface area contributed by atoms with Crippen molar-refractivity contribution in [1.29, 1.82) is 0 Å². The first-order chi connectivity index (χ1) is 5.06. The monoisotopic (exact) mass is 204 g/mol. The van der Waals surface area contributed by atoms with Crippen molar-refractivity contribution >= 4 is 0 Å². The fourth-order valence-electron chi connectivity index (χ4n) is 0.213. The lowest BCUT2D eigenvalue weighted by molar-refractivity contribution is -0.471. The van der Waals surface area contributed by atoms with Crippen LogP contribution in [0.25, 0.3) is 0 Å². The summed E-state index contributed by atoms with van der Waals surface area (Å²) in [4.78, 5) is 1.23. The van der Waals surface area contributed by atoms with E-state index in [1.54, 1.807) is 0 Å². The molecule has 9 heteroatoms. The van der Waals surface area contributed by atoms with Gasteiger partial charge in [-0.1, -0.05) is 0 Å². The molecule has 0 unspecified atom stereocenters. The molecule has 0 amide bonds. The van der Waals surface area contributed by atoms with Gasteiger partial charge in [0, 0.05) is 0 Å². The highest BCUT2D eigenvalue weighted by atomic mass is 19.4. The molecular formula is C3F8O. The molecule has 1 nitrogen and oxygen atoms in total. The summed E-state index contributed by atoms with van der Waals surface area (Å²) in [5.41, 5.74) is 0. The summed E-state index contributed by atoms with van der Waals surface area (Å²) in [6, 6.07) is 0. The molecule has 0 aliphatic rings. The van der Waals surface area contributed by atoms with Crippen LogP contribution in [-0.2, 0) is 4.94 Å². The van der Waals surface area contributed by atoms with Crippen LogP contribution in [0.15, 0.2) is 0 Å². The average molecular weight is 204 g/mol. The van der Waals surface area contributed by atoms with Gasteiger partial charge in [0.15, 0.2) is 0 Å². The highest BCUT2D eigenvalue weighted by Gasteiger charge is 2.75. The Hall–Kier alpha value is -0.600. The van der Waals surface area contributed by atoms with Crippen molar-refractivity contribution in [2.24, 2.45) is 0 Å². The molecule has 0 radical (unpaired) electrons. The molecule has 0 aromatic rings. The lowest BCUT2D eigenvalue weighted by atomic mass is 10.3. The Labute approximate surface area is 59.8 Å². The van der Waals surface area contributed by atoms with E-state index in [0.717, 1.165) is 0 Å². The highest BCUT2D eigenvalue weighted by molar-refractivity contribution is 4.83. The fraction of sp³-hybridized carbons (Fsp3) is 1.00. The molecular weight excluding hydrogens is 204 g/mol. The molecule has 0 fully saturated rings. The zero-order valence-corrected chi connectivity index (χ0v) is 4.93. The Balaban J connectivity index is 4.85. The average Bonchev–Trinajstić information content (AvgIpc) is 1.85. The van der Waals surface area contributed by atoms with Gasteiger partial charge < -0.3 is 0 Å². The predicted molar refractivity (Wildman–Crippen MR) is 18.1 cm³/mol. The Morgan fingerprint density at radius 3 is 1.17 bits per heavy atom. The van der Waals surface area contributed by atoms with Crippen molar-refractivity contribution in [3.63, 3.8) is 0 Å². The van der Waals surface area contributed by atoms with Crippen LogP contribution in [0.2, 0.25) is 0 Å². The topological polar surface area (TPSA) is 9.23 Å². The van der Waals surface area contributed by atoms with Crippen molar-refractivity contribution in [1.82, 2.24) is 0 Å². The quantitative estimate of drug-likeness (QED) is 0.628. The van der Waals surface area contributed by atoms with E-state index in [1.807, 2.05) is 0 Å². The van der Waals surface area contributed by atoms with E-state index in [2.05, 4.69) is 0 Å². The molecule has 0 aliphatic heterocycles. The van der Waals surface area contributed by atoms with Gasteiger partial charge in [-0.2, -0.15) is 30.7 Å². The number of hydrogen-bond acceptors (Lipinski definition) is 1. The third-order valence-corrected chi connectivity index (χ3v) is 0.818. The molecule has 12 heavy (non-hydrogen) atoms. The first kappa shape index (κ1) is 11.4. The number of rotatable bonds is 2. The van der Waals surface area contributed by atoms with Crippen molar-refractivity contribution in [3.05, 3.63) is 0 Å². The van der Waals surface area contributed by atoms with E-state index in [0.29, 0.717) is 0 Å². The largest absolute Gasteiger partial charge is 0.463 e. The summed E-state index contributed by atoms with van der Waals surface area (Å²) < 4.78 is 89.3. The van der Waals surface area contributed by atoms with Crippen LogP contribution >= 0.6 is 0 Å². The molecule has 0 atom stereocenters. The van der Waals surface area contributed by atoms with Crippen molar-refractivity contribution in [2.75, 3.05) is 0 Å². The van der Waals surface area contributed by atoms with Crippen molar-refractivity contribution < 1.29 is 40.2 Å². The predicted octanol–water partition coefficient (Wildman–Crippen LogP) is 2.68. The van der Waals surface area contributed by atoms with Crippen LogP contribution < -0.4 is 0 Å². The van der Waals surface area contributed by atoms with E-state index in [-0.39, 0.29) is 0 Å². The minimum absolute atomic E-state index is 1.23. The van der Waals surface area contributed by atoms with Crippen LogP contribution in [0.1, 0.15) is 0 Å². The van der Waals surface area contributed by atoms with E-state index in [9.17, 15) is 35.3 Å². The zero-order chi connectivity index (χ0) is 10.2. The third-order valence-electron chi connectivity index (χ3n) is 0.818. The second kappa shape index (κ2) is 2.71. The first-order valence-corrected chi connectivity index (χ1v) is 2.18. The van der Waals surface area contributed by atoms with Gasteiger partial charge in [0.05, 0.1) is 0 Å². The van der Waals surface area contributed by atoms with Crippen LogP contribution in [0.3, 0.4) is 0 Å². The lowest BCUT2D eigenvalue weighted by Crippen LogP contribution is -2.52. The fourth-order valence-corrected chi connectivity index (χ4v) is 0.213. The summed E-state index contributed by atoms with van der Waals surface area (Å²) in [6.07, 6.45) is -12.8. The van der Waals surface area contributed by atoms with Gasteiger partial charge in [0.25, 0.3) is 0 Å². The third kappa shape index (κ3) is 1.59. The van der Waals surface area contributed by atoms with Gasteiger partial charge in [0.1, 0.15) is 0 Å². The zero-order valence-electron chi connectivity index (χ0n) is 4.93. The molecule has 74 valence electrons. The second-order valence-electron chi connectivity index (χ2n) is 1.67. The smallest absolute Gasteiger partial charge is 0.186 e. The SMILES string of the molecule is FOC(F)(F)C(F)(F)C(F)(F)F. The molecule has 0 aromatic carbocycles. The number of hydrogen-bond donors (Lipinski definition) is 0. The molecule has 0 spiro atoms. The van der Waals surface area contributed by atoms with Crippen molar-refractivity contribution in [2.45, 2.75) is 18.2 Å². The van der Waals surface area contributed by atoms with E-state index in [1.165, 1.54) is 4.94 Å². The van der Waals surface area contributed by atoms with Gasteiger partial charge in [0.2, 0.25) is 0 Å². The minimum Gasteiger partial charge on any atom is -0.186 e. The molecule has 0 N–H and O–H groups in total. The maximum absolute atomic E-state index is 11.5. The maximum atomic E-state index is 11.5. The molecule has 0 heterocycles. The van der Waals surface area contributed by atoms with Gasteiger partial charge in [-0.15, -0.1) is 4.94 Å². The van der Waals surface area contributed by atoms with E-state index >= 15 is 0 Å². The Morgan fingerprint density at radius 1 is 0.750 bits per heavy atom. The summed E-state index contributed by atoms with van der Waals surface area (Å²) in [7, 11) is 0. The van der Waals surface area contributed by atoms with Gasteiger partial charge in [-0.3, -0.25) is 0 Å². The van der Waals surface area contributed by atoms with Crippen LogP contribution in [-0.4, -0.2) is 18.2 Å². The number of alkyl halides is 7. The standard InChI is InChI=1S/C3F8O/c4-1(5,2(6,7)8)3(9,10)12-11. The Morgan fingerprint density at radius 2 is 1.08 bits per heavy atom. The second-order valence-corrected chi connectivity index (χ2v) is 1.67. The summed E-state index contributed by atoms with van der Waals surface area (Å²) in [5, 5.41) is 0. The molecule has 0 saturated carbocycles. The summed E-state index contributed by atoms with van der Waals surface area (Å²) in [6.45, 7) is 0. The minimum atomic E-state index is -6.57. The van der Waals surface area contributed by atoms with E-state index < -0.39 is 18.2 Å². The van der Waals surface area contributed by atoms with Crippen molar-refractivity contribution in [3.8, 4) is 0 Å².